The Balaban J connectivity index is 1.66. The second kappa shape index (κ2) is 10.4. The van der Waals surface area contributed by atoms with Crippen molar-refractivity contribution in [2.45, 2.75) is 19.4 Å². The van der Waals surface area contributed by atoms with E-state index in [-0.39, 0.29) is 22.6 Å². The third-order valence-electron chi connectivity index (χ3n) is 5.18. The van der Waals surface area contributed by atoms with Gasteiger partial charge in [-0.3, -0.25) is 14.5 Å². The predicted octanol–water partition coefficient (Wildman–Crippen LogP) is 6.33. The molecule has 4 rings (SSSR count). The van der Waals surface area contributed by atoms with Gasteiger partial charge in [0.2, 0.25) is 0 Å². The van der Waals surface area contributed by atoms with E-state index in [1.807, 2.05) is 6.92 Å². The summed E-state index contributed by atoms with van der Waals surface area (Å²) in [5.74, 6) is -0.529. The number of hydrogen-bond donors (Lipinski definition) is 0. The molecule has 3 aromatic rings. The van der Waals surface area contributed by atoms with Crippen LogP contribution in [0.15, 0.2) is 48.7 Å². The van der Waals surface area contributed by atoms with E-state index in [4.69, 9.17) is 39.5 Å². The maximum Gasteiger partial charge on any atom is 0.266 e. The Morgan fingerprint density at radius 3 is 2.58 bits per heavy atom. The second-order valence-corrected chi connectivity index (χ2v) is 9.65. The van der Waals surface area contributed by atoms with Crippen LogP contribution in [-0.4, -0.2) is 47.5 Å². The van der Waals surface area contributed by atoms with Crippen LogP contribution in [0.2, 0.25) is 15.1 Å². The van der Waals surface area contributed by atoms with E-state index in [0.717, 1.165) is 17.8 Å². The molecular formula is C23H20Cl3N3O3S. The number of carbonyl (C=O) groups excluding carboxylic acids is 2. The van der Waals surface area contributed by atoms with Crippen LogP contribution in [0.4, 0.5) is 10.8 Å². The van der Waals surface area contributed by atoms with E-state index in [1.165, 1.54) is 17.2 Å². The molecule has 2 aromatic carbocycles. The topological polar surface area (TPSA) is 62.7 Å². The first kappa shape index (κ1) is 24.0. The zero-order valence-electron chi connectivity index (χ0n) is 17.6. The first-order valence-electron chi connectivity index (χ1n) is 10.3. The number of ether oxygens (including phenoxy) is 1. The molecule has 2 amide bonds. The zero-order chi connectivity index (χ0) is 23.5. The molecule has 0 saturated carbocycles. The second-order valence-electron chi connectivity index (χ2n) is 7.37. The third kappa shape index (κ3) is 5.34. The van der Waals surface area contributed by atoms with Gasteiger partial charge in [0.15, 0.2) is 5.13 Å². The van der Waals surface area contributed by atoms with Gasteiger partial charge in [0, 0.05) is 29.7 Å². The molecule has 0 unspecified atom stereocenters. The number of likely N-dealkylation sites (tertiary alicyclic amines) is 1. The van der Waals surface area contributed by atoms with Gasteiger partial charge in [0.1, 0.15) is 4.88 Å². The van der Waals surface area contributed by atoms with Crippen molar-refractivity contribution in [2.75, 3.05) is 24.6 Å². The van der Waals surface area contributed by atoms with Crippen molar-refractivity contribution in [3.63, 3.8) is 0 Å². The number of nitrogens with zero attached hydrogens (tertiary/aromatic N) is 3. The highest BCUT2D eigenvalue weighted by atomic mass is 35.5. The minimum Gasteiger partial charge on any atom is -0.377 e. The quantitative estimate of drug-likeness (QED) is 0.378. The number of anilines is 2. The molecule has 0 bridgehead atoms. The first-order chi connectivity index (χ1) is 15.9. The average molecular weight is 525 g/mol. The molecule has 6 nitrogen and oxygen atoms in total. The third-order valence-corrected chi connectivity index (χ3v) is 6.95. The number of rotatable bonds is 6. The Hall–Kier alpha value is -2.16. The van der Waals surface area contributed by atoms with Crippen LogP contribution >= 0.6 is 46.1 Å². The summed E-state index contributed by atoms with van der Waals surface area (Å²) in [6.07, 6.45) is 2.34. The van der Waals surface area contributed by atoms with E-state index < -0.39 is 5.91 Å². The van der Waals surface area contributed by atoms with Gasteiger partial charge in [0.25, 0.3) is 11.8 Å². The summed E-state index contributed by atoms with van der Waals surface area (Å²) in [7, 11) is 0. The van der Waals surface area contributed by atoms with Crippen LogP contribution in [0.5, 0.6) is 0 Å². The Labute approximate surface area is 210 Å². The molecule has 0 spiro atoms. The molecule has 1 aliphatic rings. The van der Waals surface area contributed by atoms with Gasteiger partial charge in [-0.05, 0) is 55.8 Å². The minimum atomic E-state index is -0.398. The minimum absolute atomic E-state index is 0.0468. The van der Waals surface area contributed by atoms with E-state index in [1.54, 1.807) is 41.3 Å². The molecule has 33 heavy (non-hydrogen) atoms. The Kier molecular flexibility index (Phi) is 7.56. The maximum atomic E-state index is 13.5. The SMILES string of the molecule is CCO[C@H]1CCN(C(=O)c2cnc(N(C(=O)c3ccc(Cl)cc3Cl)c3ccc(Cl)cc3)s2)C1. The summed E-state index contributed by atoms with van der Waals surface area (Å²) in [5, 5.41) is 1.52. The number of benzene rings is 2. The smallest absolute Gasteiger partial charge is 0.266 e. The Morgan fingerprint density at radius 1 is 1.15 bits per heavy atom. The van der Waals surface area contributed by atoms with Gasteiger partial charge >= 0.3 is 0 Å². The lowest BCUT2D eigenvalue weighted by Gasteiger charge is -2.21. The highest BCUT2D eigenvalue weighted by Gasteiger charge is 2.30. The molecule has 0 N–H and O–H groups in total. The van der Waals surface area contributed by atoms with Crippen LogP contribution in [0.3, 0.4) is 0 Å². The van der Waals surface area contributed by atoms with Crippen molar-refractivity contribution < 1.29 is 14.3 Å². The van der Waals surface area contributed by atoms with Crippen molar-refractivity contribution >= 4 is 68.8 Å². The van der Waals surface area contributed by atoms with Crippen LogP contribution in [0.25, 0.3) is 0 Å². The molecule has 1 aliphatic heterocycles. The molecule has 0 radical (unpaired) electrons. The summed E-state index contributed by atoms with van der Waals surface area (Å²) < 4.78 is 5.64. The van der Waals surface area contributed by atoms with Crippen LogP contribution < -0.4 is 4.90 Å². The van der Waals surface area contributed by atoms with Crippen molar-refractivity contribution in [3.8, 4) is 0 Å². The van der Waals surface area contributed by atoms with Gasteiger partial charge in [-0.2, -0.15) is 0 Å². The number of aromatic nitrogens is 1. The lowest BCUT2D eigenvalue weighted by molar-refractivity contribution is 0.0600. The summed E-state index contributed by atoms with van der Waals surface area (Å²) in [6.45, 7) is 3.72. The molecule has 1 atom stereocenters. The Bertz CT molecular complexity index is 1170. The molecule has 10 heteroatoms. The van der Waals surface area contributed by atoms with Gasteiger partial charge in [-0.15, -0.1) is 0 Å². The summed E-state index contributed by atoms with van der Waals surface area (Å²) in [5.41, 5.74) is 0.805. The summed E-state index contributed by atoms with van der Waals surface area (Å²) in [6, 6.07) is 11.4. The molecule has 2 heterocycles. The first-order valence-corrected chi connectivity index (χ1v) is 12.2. The molecule has 172 valence electrons. The monoisotopic (exact) mass is 523 g/mol. The van der Waals surface area contributed by atoms with E-state index >= 15 is 0 Å². The number of hydrogen-bond acceptors (Lipinski definition) is 5. The fourth-order valence-corrected chi connectivity index (χ4v) is 5.11. The number of carbonyl (C=O) groups is 2. The lowest BCUT2D eigenvalue weighted by atomic mass is 10.2. The van der Waals surface area contributed by atoms with Gasteiger partial charge < -0.3 is 9.64 Å². The number of halogens is 3. The van der Waals surface area contributed by atoms with Crippen LogP contribution in [-0.2, 0) is 4.74 Å². The van der Waals surface area contributed by atoms with E-state index in [2.05, 4.69) is 4.98 Å². The van der Waals surface area contributed by atoms with Gasteiger partial charge in [0.05, 0.1) is 28.6 Å². The standard InChI is InChI=1S/C23H20Cl3N3O3S/c1-2-32-17-9-10-28(13-17)22(31)20-12-27-23(33-20)29(16-6-3-14(24)4-7-16)21(30)18-8-5-15(25)11-19(18)26/h3-8,11-12,17H,2,9-10,13H2,1H3/t17-/m0/s1. The van der Waals surface area contributed by atoms with Crippen LogP contribution in [0.1, 0.15) is 33.4 Å². The van der Waals surface area contributed by atoms with Crippen molar-refractivity contribution in [2.24, 2.45) is 0 Å². The van der Waals surface area contributed by atoms with Crippen molar-refractivity contribution in [3.05, 3.63) is 74.2 Å². The van der Waals surface area contributed by atoms with E-state index in [9.17, 15) is 9.59 Å². The number of thiazole rings is 1. The zero-order valence-corrected chi connectivity index (χ0v) is 20.7. The maximum absolute atomic E-state index is 13.5. The Morgan fingerprint density at radius 2 is 1.88 bits per heavy atom. The predicted molar refractivity (Wildman–Crippen MR) is 132 cm³/mol. The van der Waals surface area contributed by atoms with Crippen molar-refractivity contribution in [1.82, 2.24) is 9.88 Å². The lowest BCUT2D eigenvalue weighted by Crippen LogP contribution is -2.29. The highest BCUT2D eigenvalue weighted by Crippen LogP contribution is 2.34. The molecule has 1 saturated heterocycles. The van der Waals surface area contributed by atoms with Crippen LogP contribution in [0, 0.1) is 0 Å². The molecule has 1 aromatic heterocycles. The summed E-state index contributed by atoms with van der Waals surface area (Å²) >= 11 is 19.5. The molecule has 0 aliphatic carbocycles. The normalized spacial score (nSPS) is 15.6. The van der Waals surface area contributed by atoms with Gasteiger partial charge in [-0.1, -0.05) is 46.1 Å². The van der Waals surface area contributed by atoms with Crippen molar-refractivity contribution in [1.29, 1.82) is 0 Å². The fourth-order valence-electron chi connectivity index (χ4n) is 3.60. The molecule has 1 fully saturated rings. The average Bonchev–Trinajstić information content (AvgIpc) is 3.45. The largest absolute Gasteiger partial charge is 0.377 e. The van der Waals surface area contributed by atoms with Gasteiger partial charge in [-0.25, -0.2) is 4.98 Å². The highest BCUT2D eigenvalue weighted by molar-refractivity contribution is 7.17. The summed E-state index contributed by atoms with van der Waals surface area (Å²) in [4.78, 5) is 34.6. The molecular weight excluding hydrogens is 505 g/mol. The fraction of sp³-hybridized carbons (Fsp3) is 0.261. The van der Waals surface area contributed by atoms with E-state index in [0.29, 0.717) is 45.4 Å². The number of amides is 2.